The molecule has 0 aliphatic heterocycles. The van der Waals surface area contributed by atoms with Crippen molar-refractivity contribution in [2.45, 2.75) is 20.8 Å². The topological polar surface area (TPSA) is 136 Å². The number of carbonyl (C=O) groups excluding carboxylic acids is 1. The molecule has 154 valence electrons. The lowest BCUT2D eigenvalue weighted by Crippen LogP contribution is -2.38. The van der Waals surface area contributed by atoms with Crippen LogP contribution in [0.4, 0.5) is 11.5 Å². The van der Waals surface area contributed by atoms with Crippen molar-refractivity contribution in [3.05, 3.63) is 73.6 Å². The number of rotatable bonds is 4. The van der Waals surface area contributed by atoms with Crippen LogP contribution >= 0.6 is 0 Å². The number of nitrogens with one attached hydrogen (secondary N) is 2. The molecule has 0 spiro atoms. The number of hydrogen-bond donors (Lipinski definition) is 2. The lowest BCUT2D eigenvalue weighted by molar-refractivity contribution is -0.682. The minimum Gasteiger partial charge on any atom is -0.358 e. The molecular weight excluding hydrogens is 392 g/mol. The maximum absolute atomic E-state index is 13.0. The third-order valence-corrected chi connectivity index (χ3v) is 4.97. The molecule has 30 heavy (non-hydrogen) atoms. The molecule has 0 atom stereocenters. The van der Waals surface area contributed by atoms with Crippen LogP contribution in [-0.4, -0.2) is 35.0 Å². The molecule has 0 fully saturated rings. The summed E-state index contributed by atoms with van der Waals surface area (Å²) in [5.41, 5.74) is 1.49. The van der Waals surface area contributed by atoms with Gasteiger partial charge in [0, 0.05) is 18.6 Å². The van der Waals surface area contributed by atoms with Crippen molar-refractivity contribution in [2.24, 2.45) is 7.05 Å². The van der Waals surface area contributed by atoms with Crippen LogP contribution < -0.4 is 15.5 Å². The van der Waals surface area contributed by atoms with Crippen LogP contribution in [-0.2, 0) is 7.05 Å². The second kappa shape index (κ2) is 6.69. The Morgan fingerprint density at radius 3 is 2.53 bits per heavy atom. The van der Waals surface area contributed by atoms with Gasteiger partial charge in [0.15, 0.2) is 10.3 Å². The van der Waals surface area contributed by atoms with Crippen molar-refractivity contribution in [1.29, 1.82) is 0 Å². The third kappa shape index (κ3) is 2.69. The highest BCUT2D eigenvalue weighted by Gasteiger charge is 2.37. The molecule has 0 radical (unpaired) electrons. The molecule has 1 amide bonds. The largest absolute Gasteiger partial charge is 0.436 e. The van der Waals surface area contributed by atoms with Crippen LogP contribution in [0.25, 0.3) is 5.69 Å². The standard InChI is InChI=1S/C18H18N8O4/c1-10-15(24-21-11(2)17(26(29)30)25(24)20-10)16(27)19-14-12(3)22(4)23(18(14)28)13-8-6-5-7-9-13/h5-9H,1-4H3,(H-,19,20,21,27)/p+1. The van der Waals surface area contributed by atoms with Crippen LogP contribution in [0.5, 0.6) is 0 Å². The first kappa shape index (κ1) is 19.1. The predicted molar refractivity (Wildman–Crippen MR) is 105 cm³/mol. The lowest BCUT2D eigenvalue weighted by Gasteiger charge is -2.07. The van der Waals surface area contributed by atoms with E-state index in [0.717, 1.165) is 4.63 Å². The van der Waals surface area contributed by atoms with Gasteiger partial charge in [0.05, 0.1) is 11.4 Å². The maximum Gasteiger partial charge on any atom is 0.436 e. The molecule has 12 heteroatoms. The summed E-state index contributed by atoms with van der Waals surface area (Å²) in [4.78, 5) is 36.8. The number of fused-ring (bicyclic) bond motifs is 1. The van der Waals surface area contributed by atoms with Gasteiger partial charge in [0.1, 0.15) is 10.8 Å². The number of anilines is 1. The monoisotopic (exact) mass is 411 g/mol. The molecule has 3 aromatic heterocycles. The molecule has 0 aliphatic rings. The van der Waals surface area contributed by atoms with E-state index in [1.807, 2.05) is 18.2 Å². The van der Waals surface area contributed by atoms with E-state index in [4.69, 9.17) is 0 Å². The number of aromatic amines is 1. The number of para-hydroxylation sites is 1. The molecule has 4 aromatic rings. The number of carbonyl (C=O) groups is 1. The average molecular weight is 411 g/mol. The zero-order valence-electron chi connectivity index (χ0n) is 16.7. The number of hydrogen-bond acceptors (Lipinski definition) is 5. The summed E-state index contributed by atoms with van der Waals surface area (Å²) in [6, 6.07) is 9.04. The Bertz CT molecular complexity index is 1370. The quantitative estimate of drug-likeness (QED) is 0.291. The Kier molecular flexibility index (Phi) is 4.26. The molecule has 0 saturated carbocycles. The van der Waals surface area contributed by atoms with E-state index in [9.17, 15) is 19.7 Å². The lowest BCUT2D eigenvalue weighted by atomic mass is 10.3. The average Bonchev–Trinajstić information content (AvgIpc) is 3.24. The van der Waals surface area contributed by atoms with Gasteiger partial charge in [-0.1, -0.05) is 18.2 Å². The van der Waals surface area contributed by atoms with E-state index in [0.29, 0.717) is 11.4 Å². The fourth-order valence-corrected chi connectivity index (χ4v) is 3.44. The fraction of sp³-hybridized carbons (Fsp3) is 0.222. The second-order valence-electron chi connectivity index (χ2n) is 6.84. The number of H-pyrrole nitrogens is 1. The van der Waals surface area contributed by atoms with Gasteiger partial charge < -0.3 is 15.4 Å². The molecule has 4 rings (SSSR count). The molecule has 12 nitrogen and oxygen atoms in total. The maximum atomic E-state index is 13.0. The Hall–Kier alpha value is -4.22. The summed E-state index contributed by atoms with van der Waals surface area (Å²) >= 11 is 0. The van der Waals surface area contributed by atoms with Crippen LogP contribution in [0.1, 0.15) is 27.6 Å². The van der Waals surface area contributed by atoms with Crippen LogP contribution in [0.2, 0.25) is 0 Å². The molecule has 2 N–H and O–H groups in total. The Morgan fingerprint density at radius 1 is 1.23 bits per heavy atom. The minimum absolute atomic E-state index is 0.0557. The summed E-state index contributed by atoms with van der Waals surface area (Å²) in [6.07, 6.45) is 0. The van der Waals surface area contributed by atoms with Crippen molar-refractivity contribution in [3.63, 3.8) is 0 Å². The van der Waals surface area contributed by atoms with Gasteiger partial charge in [-0.25, -0.2) is 4.68 Å². The summed E-state index contributed by atoms with van der Waals surface area (Å²) in [5.74, 6) is -0.894. The van der Waals surface area contributed by atoms with Gasteiger partial charge in [-0.05, 0) is 30.9 Å². The highest BCUT2D eigenvalue weighted by Crippen LogP contribution is 2.16. The molecular formula is C18H19N8O4+. The van der Waals surface area contributed by atoms with E-state index in [1.54, 1.807) is 37.7 Å². The van der Waals surface area contributed by atoms with Gasteiger partial charge in [-0.15, -0.1) is 0 Å². The highest BCUT2D eigenvalue weighted by molar-refractivity contribution is 6.02. The Labute approximate surface area is 169 Å². The third-order valence-electron chi connectivity index (χ3n) is 4.97. The van der Waals surface area contributed by atoms with Crippen LogP contribution in [0, 0.1) is 30.9 Å². The number of nitro groups is 1. The Balaban J connectivity index is 1.79. The second-order valence-corrected chi connectivity index (χ2v) is 6.84. The number of aryl methyl sites for hydroxylation is 2. The predicted octanol–water partition coefficient (Wildman–Crippen LogP) is 0.823. The van der Waals surface area contributed by atoms with Crippen molar-refractivity contribution in [1.82, 2.24) is 24.2 Å². The fourth-order valence-electron chi connectivity index (χ4n) is 3.44. The number of benzene rings is 1. The summed E-state index contributed by atoms with van der Waals surface area (Å²) in [6.45, 7) is 4.78. The van der Waals surface area contributed by atoms with E-state index < -0.39 is 16.4 Å². The van der Waals surface area contributed by atoms with Crippen molar-refractivity contribution in [3.8, 4) is 5.69 Å². The summed E-state index contributed by atoms with van der Waals surface area (Å²) in [7, 11) is 1.72. The first-order valence-electron chi connectivity index (χ1n) is 9.02. The van der Waals surface area contributed by atoms with Crippen molar-refractivity contribution < 1.29 is 14.3 Å². The van der Waals surface area contributed by atoms with Crippen molar-refractivity contribution in [2.75, 3.05) is 5.32 Å². The summed E-state index contributed by atoms with van der Waals surface area (Å²) < 4.78 is 5.29. The van der Waals surface area contributed by atoms with Gasteiger partial charge in [-0.3, -0.25) is 14.3 Å². The van der Waals surface area contributed by atoms with Gasteiger partial charge >= 0.3 is 17.4 Å². The zero-order valence-corrected chi connectivity index (χ0v) is 16.7. The van der Waals surface area contributed by atoms with E-state index in [2.05, 4.69) is 15.5 Å². The zero-order chi connectivity index (χ0) is 21.7. The molecule has 3 heterocycles. The normalized spacial score (nSPS) is 11.2. The van der Waals surface area contributed by atoms with Gasteiger partial charge in [0.25, 0.3) is 11.3 Å². The van der Waals surface area contributed by atoms with Gasteiger partial charge in [-0.2, -0.15) is 5.10 Å². The summed E-state index contributed by atoms with van der Waals surface area (Å²) in [5, 5.41) is 20.8. The SMILES string of the molecule is Cc1nn2c([N+](=O)[O-])c(C)[nH][n+]2c1C(=O)Nc1c(C)n(C)n(-c2ccccc2)c1=O. The molecule has 0 aliphatic carbocycles. The van der Waals surface area contributed by atoms with Crippen LogP contribution in [0.15, 0.2) is 35.1 Å². The number of amides is 1. The van der Waals surface area contributed by atoms with E-state index in [-0.39, 0.29) is 28.6 Å². The van der Waals surface area contributed by atoms with Gasteiger partial charge in [0.2, 0.25) is 0 Å². The molecule has 0 saturated heterocycles. The van der Waals surface area contributed by atoms with Crippen molar-refractivity contribution >= 4 is 17.4 Å². The Morgan fingerprint density at radius 2 is 1.90 bits per heavy atom. The number of aromatic nitrogens is 6. The smallest absolute Gasteiger partial charge is 0.358 e. The first-order chi connectivity index (χ1) is 14.2. The highest BCUT2D eigenvalue weighted by atomic mass is 16.6. The minimum atomic E-state index is -0.616. The molecule has 1 aromatic carbocycles. The van der Waals surface area contributed by atoms with Crippen LogP contribution in [0.3, 0.4) is 0 Å². The van der Waals surface area contributed by atoms with E-state index in [1.165, 1.54) is 16.2 Å². The number of nitrogens with zero attached hydrogens (tertiary/aromatic N) is 6. The molecule has 0 bridgehead atoms. The first-order valence-corrected chi connectivity index (χ1v) is 9.02. The molecule has 0 unspecified atom stereocenters. The van der Waals surface area contributed by atoms with E-state index >= 15 is 0 Å².